The number of benzene rings is 3. The van der Waals surface area contributed by atoms with Crippen molar-refractivity contribution in [2.45, 2.75) is 38.0 Å². The molecule has 0 heterocycles. The molecule has 0 aromatic heterocycles. The molecule has 0 aliphatic carbocycles. The highest BCUT2D eigenvalue weighted by molar-refractivity contribution is 7.92. The maximum atomic E-state index is 13.5. The van der Waals surface area contributed by atoms with Gasteiger partial charge in [0.05, 0.1) is 21.8 Å². The Morgan fingerprint density at radius 3 is 2.14 bits per heavy atom. The largest absolute Gasteiger partial charge is 0.352 e. The topological polar surface area (TPSA) is 95.6 Å². The highest BCUT2D eigenvalue weighted by Gasteiger charge is 2.27. The average Bonchev–Trinajstić information content (AvgIpc) is 2.86. The van der Waals surface area contributed by atoms with Gasteiger partial charge >= 0.3 is 0 Å². The lowest BCUT2D eigenvalue weighted by Crippen LogP contribution is -2.38. The molecular weight excluding hydrogens is 462 g/mol. The Morgan fingerprint density at radius 2 is 1.51 bits per heavy atom. The van der Waals surface area contributed by atoms with Crippen molar-refractivity contribution in [1.29, 1.82) is 0 Å². The quantitative estimate of drug-likeness (QED) is 0.425. The number of hydrogen-bond acceptors (Lipinski definition) is 4. The second-order valence-corrected chi connectivity index (χ2v) is 10.3. The van der Waals surface area contributed by atoms with Crippen molar-refractivity contribution in [2.24, 2.45) is 0 Å². The molecule has 0 fully saturated rings. The van der Waals surface area contributed by atoms with Crippen molar-refractivity contribution < 1.29 is 18.0 Å². The summed E-state index contributed by atoms with van der Waals surface area (Å²) in [5, 5.41) is 5.51. The maximum Gasteiger partial charge on any atom is 0.264 e. The monoisotopic (exact) mass is 493 g/mol. The van der Waals surface area contributed by atoms with Crippen molar-refractivity contribution in [3.8, 4) is 0 Å². The Labute approximate surface area is 207 Å². The number of anilines is 2. The third kappa shape index (κ3) is 6.48. The van der Waals surface area contributed by atoms with Gasteiger partial charge in [-0.3, -0.25) is 13.9 Å². The molecule has 184 valence electrons. The molecule has 0 spiro atoms. The fourth-order valence-electron chi connectivity index (χ4n) is 3.50. The lowest BCUT2D eigenvalue weighted by Gasteiger charge is -2.25. The molecule has 3 rings (SSSR count). The van der Waals surface area contributed by atoms with Gasteiger partial charge in [-0.25, -0.2) is 8.42 Å². The second kappa shape index (κ2) is 11.7. The molecule has 3 aromatic rings. The zero-order chi connectivity index (χ0) is 25.4. The van der Waals surface area contributed by atoms with Crippen LogP contribution in [0.25, 0.3) is 0 Å². The Hall–Kier alpha value is -3.65. The fourth-order valence-corrected chi connectivity index (χ4v) is 4.95. The van der Waals surface area contributed by atoms with Crippen LogP contribution >= 0.6 is 0 Å². The van der Waals surface area contributed by atoms with Crippen LogP contribution in [0.15, 0.2) is 83.8 Å². The molecular formula is C27H31N3O4S. The van der Waals surface area contributed by atoms with Crippen molar-refractivity contribution in [1.82, 2.24) is 5.32 Å². The minimum absolute atomic E-state index is 0.0834. The van der Waals surface area contributed by atoms with E-state index in [4.69, 9.17) is 0 Å². The predicted molar refractivity (Wildman–Crippen MR) is 139 cm³/mol. The highest BCUT2D eigenvalue weighted by Crippen LogP contribution is 2.26. The van der Waals surface area contributed by atoms with Gasteiger partial charge in [0.2, 0.25) is 5.91 Å². The summed E-state index contributed by atoms with van der Waals surface area (Å²) in [7, 11) is -4.02. The summed E-state index contributed by atoms with van der Waals surface area (Å²) in [5.74, 6) is -0.587. The van der Waals surface area contributed by atoms with Crippen LogP contribution in [0.5, 0.6) is 0 Å². The zero-order valence-electron chi connectivity index (χ0n) is 20.2. The smallest absolute Gasteiger partial charge is 0.264 e. The van der Waals surface area contributed by atoms with Gasteiger partial charge in [-0.1, -0.05) is 63.2 Å². The van der Waals surface area contributed by atoms with E-state index < -0.39 is 22.5 Å². The van der Waals surface area contributed by atoms with Crippen LogP contribution < -0.4 is 14.9 Å². The predicted octanol–water partition coefficient (Wildman–Crippen LogP) is 4.78. The van der Waals surface area contributed by atoms with E-state index in [0.29, 0.717) is 23.5 Å². The van der Waals surface area contributed by atoms with Crippen molar-refractivity contribution in [3.63, 3.8) is 0 Å². The summed E-state index contributed by atoms with van der Waals surface area (Å²) in [6.07, 6.45) is 0.780. The SMILES string of the molecule is CCCNC(=O)c1ccccc1NC(=O)CN(c1ccc(C(C)C)cc1)S(=O)(=O)c1ccccc1. The van der Waals surface area contributed by atoms with Gasteiger partial charge < -0.3 is 10.6 Å². The van der Waals surface area contributed by atoms with Crippen LogP contribution in [-0.4, -0.2) is 33.3 Å². The van der Waals surface area contributed by atoms with E-state index in [2.05, 4.69) is 24.5 Å². The lowest BCUT2D eigenvalue weighted by molar-refractivity contribution is -0.114. The van der Waals surface area contributed by atoms with E-state index in [1.54, 1.807) is 54.6 Å². The number of carbonyl (C=O) groups excluding carboxylic acids is 2. The van der Waals surface area contributed by atoms with Gasteiger partial charge in [-0.05, 0) is 54.3 Å². The van der Waals surface area contributed by atoms with E-state index in [9.17, 15) is 18.0 Å². The molecule has 2 N–H and O–H groups in total. The highest BCUT2D eigenvalue weighted by atomic mass is 32.2. The molecule has 0 bridgehead atoms. The van der Waals surface area contributed by atoms with Gasteiger partial charge in [-0.15, -0.1) is 0 Å². The molecule has 8 heteroatoms. The summed E-state index contributed by atoms with van der Waals surface area (Å²) in [5.41, 5.74) is 2.07. The number of sulfonamides is 1. The minimum Gasteiger partial charge on any atom is -0.352 e. The number of carbonyl (C=O) groups is 2. The summed E-state index contributed by atoms with van der Waals surface area (Å²) in [6, 6.07) is 21.8. The number of rotatable bonds is 10. The van der Waals surface area contributed by atoms with Gasteiger partial charge in [0.15, 0.2) is 0 Å². The number of nitrogens with one attached hydrogen (secondary N) is 2. The standard InChI is InChI=1S/C27H31N3O4S/c1-4-18-28-27(32)24-12-8-9-13-25(24)29-26(31)19-30(22-16-14-21(15-17-22)20(2)3)35(33,34)23-10-6-5-7-11-23/h5-17,20H,4,18-19H2,1-3H3,(H,28,32)(H,29,31). The first kappa shape index (κ1) is 26.0. The van der Waals surface area contributed by atoms with E-state index in [0.717, 1.165) is 16.3 Å². The first-order valence-electron chi connectivity index (χ1n) is 11.6. The Morgan fingerprint density at radius 1 is 0.886 bits per heavy atom. The molecule has 0 saturated carbocycles. The van der Waals surface area contributed by atoms with Gasteiger partial charge in [0.25, 0.3) is 15.9 Å². The van der Waals surface area contributed by atoms with E-state index >= 15 is 0 Å². The number of hydrogen-bond donors (Lipinski definition) is 2. The van der Waals surface area contributed by atoms with E-state index in [1.807, 2.05) is 19.1 Å². The number of amides is 2. The molecule has 0 unspecified atom stereocenters. The van der Waals surface area contributed by atoms with E-state index in [-0.39, 0.29) is 16.7 Å². The van der Waals surface area contributed by atoms with Crippen LogP contribution in [0.4, 0.5) is 11.4 Å². The summed E-state index contributed by atoms with van der Waals surface area (Å²) in [4.78, 5) is 25.7. The summed E-state index contributed by atoms with van der Waals surface area (Å²) in [6.45, 7) is 6.10. The molecule has 0 radical (unpaired) electrons. The average molecular weight is 494 g/mol. The molecule has 7 nitrogen and oxygen atoms in total. The number of para-hydroxylation sites is 1. The van der Waals surface area contributed by atoms with Crippen LogP contribution in [0.2, 0.25) is 0 Å². The molecule has 0 aliphatic heterocycles. The Kier molecular flexibility index (Phi) is 8.65. The summed E-state index contributed by atoms with van der Waals surface area (Å²) >= 11 is 0. The molecule has 0 aliphatic rings. The maximum absolute atomic E-state index is 13.5. The van der Waals surface area contributed by atoms with Crippen molar-refractivity contribution in [2.75, 3.05) is 22.7 Å². The Balaban J connectivity index is 1.91. The molecule has 0 saturated heterocycles. The fraction of sp³-hybridized carbons (Fsp3) is 0.259. The van der Waals surface area contributed by atoms with E-state index in [1.165, 1.54) is 12.1 Å². The van der Waals surface area contributed by atoms with Crippen molar-refractivity contribution in [3.05, 3.63) is 90.0 Å². The van der Waals surface area contributed by atoms with Gasteiger partial charge in [-0.2, -0.15) is 0 Å². The first-order valence-corrected chi connectivity index (χ1v) is 13.0. The Bertz CT molecular complexity index is 1260. The van der Waals surface area contributed by atoms with Crippen LogP contribution in [0.3, 0.4) is 0 Å². The molecule has 0 atom stereocenters. The minimum atomic E-state index is -4.02. The number of nitrogens with zero attached hydrogens (tertiary/aromatic N) is 1. The second-order valence-electron chi connectivity index (χ2n) is 8.42. The molecule has 35 heavy (non-hydrogen) atoms. The lowest BCUT2D eigenvalue weighted by atomic mass is 10.0. The van der Waals surface area contributed by atoms with Crippen LogP contribution in [-0.2, 0) is 14.8 Å². The van der Waals surface area contributed by atoms with Crippen molar-refractivity contribution >= 4 is 33.2 Å². The first-order chi connectivity index (χ1) is 16.7. The summed E-state index contributed by atoms with van der Waals surface area (Å²) < 4.78 is 28.1. The van der Waals surface area contributed by atoms with Gasteiger partial charge in [0, 0.05) is 6.54 Å². The van der Waals surface area contributed by atoms with Gasteiger partial charge in [0.1, 0.15) is 6.54 Å². The van der Waals surface area contributed by atoms with Crippen LogP contribution in [0.1, 0.15) is 49.0 Å². The molecule has 2 amide bonds. The third-order valence-electron chi connectivity index (χ3n) is 5.45. The van der Waals surface area contributed by atoms with Crippen LogP contribution in [0, 0.1) is 0 Å². The molecule has 3 aromatic carbocycles. The normalized spacial score (nSPS) is 11.2. The third-order valence-corrected chi connectivity index (χ3v) is 7.24. The zero-order valence-corrected chi connectivity index (χ0v) is 21.0.